The Kier molecular flexibility index (Phi) is 5.20. The number of nitrogens with one attached hydrogen (secondary N) is 1. The van der Waals surface area contributed by atoms with Crippen molar-refractivity contribution in [2.24, 2.45) is 0 Å². The van der Waals surface area contributed by atoms with E-state index in [9.17, 15) is 8.42 Å². The summed E-state index contributed by atoms with van der Waals surface area (Å²) in [4.78, 5) is 0. The van der Waals surface area contributed by atoms with Crippen LogP contribution in [0.3, 0.4) is 0 Å². The third-order valence-corrected chi connectivity index (χ3v) is 2.99. The Morgan fingerprint density at radius 3 is 2.65 bits per heavy atom. The highest BCUT2D eigenvalue weighted by atomic mass is 32.2. The second-order valence-corrected chi connectivity index (χ2v) is 6.02. The van der Waals surface area contributed by atoms with Crippen molar-refractivity contribution in [3.8, 4) is 11.8 Å². The standard InChI is InChI=1S/C13H17NO2S/c1-14-10-6-5-8-12-7-3-4-9-13(12)11-17(2,15)16/h3-4,7,9,14H,6,10-11H2,1-2H3. The molecule has 0 saturated carbocycles. The van der Waals surface area contributed by atoms with Gasteiger partial charge in [-0.2, -0.15) is 0 Å². The van der Waals surface area contributed by atoms with Gasteiger partial charge in [0.05, 0.1) is 5.75 Å². The third kappa shape index (κ3) is 5.53. The zero-order chi connectivity index (χ0) is 12.7. The van der Waals surface area contributed by atoms with Gasteiger partial charge in [-0.15, -0.1) is 0 Å². The van der Waals surface area contributed by atoms with Crippen LogP contribution in [0.1, 0.15) is 17.5 Å². The summed E-state index contributed by atoms with van der Waals surface area (Å²) in [6.45, 7) is 0.835. The van der Waals surface area contributed by atoms with Crippen LogP contribution >= 0.6 is 0 Å². The smallest absolute Gasteiger partial charge is 0.151 e. The molecule has 1 aromatic carbocycles. The van der Waals surface area contributed by atoms with E-state index < -0.39 is 9.84 Å². The van der Waals surface area contributed by atoms with Gasteiger partial charge in [-0.25, -0.2) is 8.42 Å². The van der Waals surface area contributed by atoms with Crippen molar-refractivity contribution in [1.29, 1.82) is 0 Å². The number of hydrogen-bond acceptors (Lipinski definition) is 3. The van der Waals surface area contributed by atoms with Crippen LogP contribution in [-0.2, 0) is 15.6 Å². The fourth-order valence-electron chi connectivity index (χ4n) is 1.40. The van der Waals surface area contributed by atoms with E-state index in [0.29, 0.717) is 0 Å². The molecular weight excluding hydrogens is 234 g/mol. The Labute approximate surface area is 103 Å². The van der Waals surface area contributed by atoms with Gasteiger partial charge in [-0.1, -0.05) is 30.0 Å². The first-order chi connectivity index (χ1) is 8.03. The molecule has 3 nitrogen and oxygen atoms in total. The largest absolute Gasteiger partial charge is 0.319 e. The molecule has 0 fully saturated rings. The molecule has 4 heteroatoms. The maximum Gasteiger partial charge on any atom is 0.151 e. The SMILES string of the molecule is CNCCC#Cc1ccccc1CS(C)(=O)=O. The lowest BCUT2D eigenvalue weighted by atomic mass is 10.1. The molecular formula is C13H17NO2S. The molecule has 0 aliphatic heterocycles. The average molecular weight is 251 g/mol. The van der Waals surface area contributed by atoms with Gasteiger partial charge in [0.1, 0.15) is 0 Å². The molecule has 0 atom stereocenters. The molecule has 0 aliphatic rings. The zero-order valence-corrected chi connectivity index (χ0v) is 11.0. The van der Waals surface area contributed by atoms with Crippen LogP contribution in [0.4, 0.5) is 0 Å². The van der Waals surface area contributed by atoms with Crippen molar-refractivity contribution in [3.63, 3.8) is 0 Å². The van der Waals surface area contributed by atoms with Gasteiger partial charge in [0, 0.05) is 24.8 Å². The van der Waals surface area contributed by atoms with Crippen LogP contribution < -0.4 is 5.32 Å². The first-order valence-electron chi connectivity index (χ1n) is 5.42. The van der Waals surface area contributed by atoms with E-state index >= 15 is 0 Å². The molecule has 0 heterocycles. The molecule has 1 rings (SSSR count). The van der Waals surface area contributed by atoms with E-state index in [4.69, 9.17) is 0 Å². The van der Waals surface area contributed by atoms with Gasteiger partial charge in [-0.3, -0.25) is 0 Å². The minimum Gasteiger partial charge on any atom is -0.319 e. The lowest BCUT2D eigenvalue weighted by Gasteiger charge is -2.02. The van der Waals surface area contributed by atoms with Gasteiger partial charge in [0.15, 0.2) is 9.84 Å². The van der Waals surface area contributed by atoms with E-state index in [1.54, 1.807) is 0 Å². The zero-order valence-electron chi connectivity index (χ0n) is 10.2. The van der Waals surface area contributed by atoms with Crippen LogP contribution in [0.25, 0.3) is 0 Å². The van der Waals surface area contributed by atoms with Crippen LogP contribution in [0.15, 0.2) is 24.3 Å². The second kappa shape index (κ2) is 6.43. The van der Waals surface area contributed by atoms with Gasteiger partial charge >= 0.3 is 0 Å². The van der Waals surface area contributed by atoms with Gasteiger partial charge in [0.2, 0.25) is 0 Å². The minimum absolute atomic E-state index is 0.0455. The summed E-state index contributed by atoms with van der Waals surface area (Å²) in [7, 11) is -1.14. The Morgan fingerprint density at radius 1 is 1.29 bits per heavy atom. The minimum atomic E-state index is -3.02. The maximum absolute atomic E-state index is 11.3. The van der Waals surface area contributed by atoms with Crippen molar-refractivity contribution < 1.29 is 8.42 Å². The van der Waals surface area contributed by atoms with E-state index in [-0.39, 0.29) is 5.75 Å². The van der Waals surface area contributed by atoms with Crippen molar-refractivity contribution in [2.75, 3.05) is 19.8 Å². The van der Waals surface area contributed by atoms with Crippen molar-refractivity contribution in [1.82, 2.24) is 5.32 Å². The molecule has 0 radical (unpaired) electrons. The number of sulfone groups is 1. The van der Waals surface area contributed by atoms with Crippen molar-refractivity contribution >= 4 is 9.84 Å². The lowest BCUT2D eigenvalue weighted by molar-refractivity contribution is 0.601. The normalized spacial score (nSPS) is 10.7. The monoisotopic (exact) mass is 251 g/mol. The van der Waals surface area contributed by atoms with Crippen molar-refractivity contribution in [2.45, 2.75) is 12.2 Å². The van der Waals surface area contributed by atoms with Crippen LogP contribution in [0.2, 0.25) is 0 Å². The van der Waals surface area contributed by atoms with E-state index in [1.165, 1.54) is 6.26 Å². The van der Waals surface area contributed by atoms with Crippen LogP contribution in [-0.4, -0.2) is 28.3 Å². The average Bonchev–Trinajstić information content (AvgIpc) is 2.24. The van der Waals surface area contributed by atoms with Gasteiger partial charge in [0.25, 0.3) is 0 Å². The summed E-state index contributed by atoms with van der Waals surface area (Å²) >= 11 is 0. The Bertz CT molecular complexity index is 524. The molecule has 0 saturated heterocycles. The molecule has 1 aromatic rings. The Balaban J connectivity index is 2.87. The third-order valence-electron chi connectivity index (χ3n) is 2.16. The summed E-state index contributed by atoms with van der Waals surface area (Å²) in [5.74, 6) is 6.08. The highest BCUT2D eigenvalue weighted by Crippen LogP contribution is 2.10. The van der Waals surface area contributed by atoms with E-state index in [2.05, 4.69) is 17.2 Å². The summed E-state index contributed by atoms with van der Waals surface area (Å²) in [5.41, 5.74) is 1.57. The van der Waals surface area contributed by atoms with Crippen LogP contribution in [0.5, 0.6) is 0 Å². The molecule has 1 N–H and O–H groups in total. The molecule has 0 amide bonds. The van der Waals surface area contributed by atoms with E-state index in [0.717, 1.165) is 24.1 Å². The Hall–Kier alpha value is -1.31. The van der Waals surface area contributed by atoms with Gasteiger partial charge in [-0.05, 0) is 18.7 Å². The first kappa shape index (κ1) is 13.8. The molecule has 0 unspecified atom stereocenters. The van der Waals surface area contributed by atoms with Crippen molar-refractivity contribution in [3.05, 3.63) is 35.4 Å². The summed E-state index contributed by atoms with van der Waals surface area (Å²) in [6.07, 6.45) is 1.99. The summed E-state index contributed by atoms with van der Waals surface area (Å²) < 4.78 is 22.5. The fourth-order valence-corrected chi connectivity index (χ4v) is 2.21. The van der Waals surface area contributed by atoms with Crippen LogP contribution in [0, 0.1) is 11.8 Å². The lowest BCUT2D eigenvalue weighted by Crippen LogP contribution is -2.06. The maximum atomic E-state index is 11.3. The predicted molar refractivity (Wildman–Crippen MR) is 70.4 cm³/mol. The molecule has 92 valence electrons. The molecule has 0 spiro atoms. The van der Waals surface area contributed by atoms with Gasteiger partial charge < -0.3 is 5.32 Å². The highest BCUT2D eigenvalue weighted by molar-refractivity contribution is 7.89. The quantitative estimate of drug-likeness (QED) is 0.646. The summed E-state index contributed by atoms with van der Waals surface area (Å²) in [5, 5.41) is 3.01. The first-order valence-corrected chi connectivity index (χ1v) is 7.48. The predicted octanol–water partition coefficient (Wildman–Crippen LogP) is 1.19. The highest BCUT2D eigenvalue weighted by Gasteiger charge is 2.07. The summed E-state index contributed by atoms with van der Waals surface area (Å²) in [6, 6.07) is 7.36. The topological polar surface area (TPSA) is 46.2 Å². The number of benzene rings is 1. The number of rotatable bonds is 4. The molecule has 0 aromatic heterocycles. The molecule has 0 aliphatic carbocycles. The number of hydrogen-bond donors (Lipinski definition) is 1. The molecule has 0 bridgehead atoms. The fraction of sp³-hybridized carbons (Fsp3) is 0.385. The van der Waals surface area contributed by atoms with E-state index in [1.807, 2.05) is 31.3 Å². The Morgan fingerprint density at radius 2 is 2.00 bits per heavy atom. The second-order valence-electron chi connectivity index (χ2n) is 3.88. The molecule has 17 heavy (non-hydrogen) atoms.